The molecule has 15 heavy (non-hydrogen) atoms. The molecule has 1 unspecified atom stereocenters. The lowest BCUT2D eigenvalue weighted by molar-refractivity contribution is -0.122. The number of rotatable bonds is 7. The predicted molar refractivity (Wildman–Crippen MR) is 60.4 cm³/mol. The average Bonchev–Trinajstić information content (AvgIpc) is 2.70. The van der Waals surface area contributed by atoms with Crippen LogP contribution in [-0.4, -0.2) is 18.6 Å². The summed E-state index contributed by atoms with van der Waals surface area (Å²) in [5.74, 6) is 0.111. The Bertz CT molecular complexity index is 206. The fourth-order valence-electron chi connectivity index (χ4n) is 1.62. The molecule has 1 heterocycles. The molecule has 1 aliphatic rings. The normalized spacial score (nSPS) is 18.9. The first kappa shape index (κ1) is 12.1. The second-order valence-corrected chi connectivity index (χ2v) is 3.98. The third-order valence-corrected chi connectivity index (χ3v) is 2.53. The monoisotopic (exact) mass is 211 g/mol. The maximum atomic E-state index is 11.4. The van der Waals surface area contributed by atoms with E-state index in [1.54, 1.807) is 6.26 Å². The van der Waals surface area contributed by atoms with Crippen LogP contribution in [-0.2, 0) is 9.53 Å². The largest absolute Gasteiger partial charge is 0.498 e. The zero-order valence-electron chi connectivity index (χ0n) is 9.50. The molecular formula is C12H21NO2. The van der Waals surface area contributed by atoms with E-state index < -0.39 is 0 Å². The molecule has 0 saturated heterocycles. The summed E-state index contributed by atoms with van der Waals surface area (Å²) in [5, 5.41) is 2.92. The zero-order valence-corrected chi connectivity index (χ0v) is 9.50. The molecule has 0 aromatic carbocycles. The summed E-state index contributed by atoms with van der Waals surface area (Å²) in [4.78, 5) is 11.4. The van der Waals surface area contributed by atoms with E-state index in [2.05, 4.69) is 12.2 Å². The number of nitrogens with one attached hydrogen (secondary N) is 1. The zero-order chi connectivity index (χ0) is 10.9. The summed E-state index contributed by atoms with van der Waals surface area (Å²) in [7, 11) is 0. The summed E-state index contributed by atoms with van der Waals surface area (Å²) < 4.78 is 5.23. The van der Waals surface area contributed by atoms with Crippen molar-refractivity contribution >= 4 is 5.91 Å². The summed E-state index contributed by atoms with van der Waals surface area (Å²) in [6.07, 6.45) is 9.84. The lowest BCUT2D eigenvalue weighted by atomic mass is 10.2. The Morgan fingerprint density at radius 3 is 3.00 bits per heavy atom. The van der Waals surface area contributed by atoms with Gasteiger partial charge in [-0.3, -0.25) is 4.79 Å². The van der Waals surface area contributed by atoms with Crippen LogP contribution in [0.2, 0.25) is 0 Å². The highest BCUT2D eigenvalue weighted by atomic mass is 16.5. The Hall–Kier alpha value is -0.990. The molecule has 0 aromatic heterocycles. The number of ether oxygens (including phenoxy) is 1. The van der Waals surface area contributed by atoms with Crippen LogP contribution in [0.25, 0.3) is 0 Å². The highest BCUT2D eigenvalue weighted by Gasteiger charge is 2.15. The number of hydrogen-bond donors (Lipinski definition) is 1. The van der Waals surface area contributed by atoms with Crippen molar-refractivity contribution in [3.05, 3.63) is 12.3 Å². The fourth-order valence-corrected chi connectivity index (χ4v) is 1.62. The van der Waals surface area contributed by atoms with Gasteiger partial charge in [-0.1, -0.05) is 26.2 Å². The quantitative estimate of drug-likeness (QED) is 0.657. The van der Waals surface area contributed by atoms with Crippen LogP contribution in [0.5, 0.6) is 0 Å². The lowest BCUT2D eigenvalue weighted by Crippen LogP contribution is -2.28. The number of carbonyl (C=O) groups is 1. The van der Waals surface area contributed by atoms with Crippen LogP contribution < -0.4 is 5.32 Å². The van der Waals surface area contributed by atoms with Crippen LogP contribution in [0.3, 0.4) is 0 Å². The lowest BCUT2D eigenvalue weighted by Gasteiger charge is -2.10. The minimum atomic E-state index is 0.0700. The minimum Gasteiger partial charge on any atom is -0.498 e. The van der Waals surface area contributed by atoms with Gasteiger partial charge in [-0.05, 0) is 12.5 Å². The second kappa shape index (κ2) is 7.32. The highest BCUT2D eigenvalue weighted by Crippen LogP contribution is 2.11. The Morgan fingerprint density at radius 2 is 2.33 bits per heavy atom. The van der Waals surface area contributed by atoms with Gasteiger partial charge in [0.2, 0.25) is 5.91 Å². The fraction of sp³-hybridized carbons (Fsp3) is 0.750. The number of amides is 1. The van der Waals surface area contributed by atoms with Gasteiger partial charge in [0.05, 0.1) is 12.7 Å². The van der Waals surface area contributed by atoms with Crippen molar-refractivity contribution in [2.75, 3.05) is 6.54 Å². The van der Waals surface area contributed by atoms with E-state index in [9.17, 15) is 4.79 Å². The third-order valence-electron chi connectivity index (χ3n) is 2.53. The van der Waals surface area contributed by atoms with Crippen LogP contribution >= 0.6 is 0 Å². The summed E-state index contributed by atoms with van der Waals surface area (Å²) >= 11 is 0. The molecule has 3 nitrogen and oxygen atoms in total. The number of carbonyl (C=O) groups excluding carboxylic acids is 1. The number of hydrogen-bond acceptors (Lipinski definition) is 2. The molecule has 0 aliphatic carbocycles. The van der Waals surface area contributed by atoms with Crippen molar-refractivity contribution in [2.24, 2.45) is 0 Å². The van der Waals surface area contributed by atoms with E-state index in [4.69, 9.17) is 4.74 Å². The summed E-state index contributed by atoms with van der Waals surface area (Å²) in [6, 6.07) is 0. The summed E-state index contributed by atoms with van der Waals surface area (Å²) in [6.45, 7) is 2.99. The van der Waals surface area contributed by atoms with Crippen molar-refractivity contribution in [1.29, 1.82) is 0 Å². The van der Waals surface area contributed by atoms with Crippen molar-refractivity contribution < 1.29 is 9.53 Å². The van der Waals surface area contributed by atoms with Crippen LogP contribution in [0.4, 0.5) is 0 Å². The SMILES string of the molecule is CCCCCCNC(=O)CC1CC=CO1. The van der Waals surface area contributed by atoms with Gasteiger partial charge in [0.15, 0.2) is 0 Å². The molecule has 1 aliphatic heterocycles. The van der Waals surface area contributed by atoms with Crippen molar-refractivity contribution in [3.8, 4) is 0 Å². The minimum absolute atomic E-state index is 0.0700. The molecule has 1 rings (SSSR count). The maximum Gasteiger partial charge on any atom is 0.223 e. The maximum absolute atomic E-state index is 11.4. The molecule has 0 radical (unpaired) electrons. The van der Waals surface area contributed by atoms with E-state index >= 15 is 0 Å². The first-order valence-corrected chi connectivity index (χ1v) is 5.90. The Labute approximate surface area is 91.9 Å². The Kier molecular flexibility index (Phi) is 5.90. The smallest absolute Gasteiger partial charge is 0.223 e. The van der Waals surface area contributed by atoms with Gasteiger partial charge in [-0.25, -0.2) is 0 Å². The van der Waals surface area contributed by atoms with Crippen molar-refractivity contribution in [2.45, 2.75) is 51.6 Å². The number of unbranched alkanes of at least 4 members (excludes halogenated alkanes) is 3. The van der Waals surface area contributed by atoms with Crippen molar-refractivity contribution in [3.63, 3.8) is 0 Å². The second-order valence-electron chi connectivity index (χ2n) is 3.98. The Morgan fingerprint density at radius 1 is 1.47 bits per heavy atom. The van der Waals surface area contributed by atoms with Gasteiger partial charge < -0.3 is 10.1 Å². The highest BCUT2D eigenvalue weighted by molar-refractivity contribution is 5.76. The molecule has 1 atom stereocenters. The Balaban J connectivity index is 1.94. The van der Waals surface area contributed by atoms with E-state index in [1.165, 1.54) is 19.3 Å². The third kappa shape index (κ3) is 5.45. The average molecular weight is 211 g/mol. The van der Waals surface area contributed by atoms with E-state index in [1.807, 2.05) is 6.08 Å². The van der Waals surface area contributed by atoms with E-state index in [-0.39, 0.29) is 12.0 Å². The van der Waals surface area contributed by atoms with Crippen LogP contribution in [0.15, 0.2) is 12.3 Å². The molecule has 86 valence electrons. The molecule has 0 saturated carbocycles. The van der Waals surface area contributed by atoms with Gasteiger partial charge in [-0.2, -0.15) is 0 Å². The topological polar surface area (TPSA) is 38.3 Å². The van der Waals surface area contributed by atoms with E-state index in [0.717, 1.165) is 19.4 Å². The molecule has 0 aromatic rings. The van der Waals surface area contributed by atoms with Gasteiger partial charge in [0.25, 0.3) is 0 Å². The van der Waals surface area contributed by atoms with Gasteiger partial charge in [-0.15, -0.1) is 0 Å². The molecular weight excluding hydrogens is 190 g/mol. The summed E-state index contributed by atoms with van der Waals surface area (Å²) in [5.41, 5.74) is 0. The molecule has 0 bridgehead atoms. The molecule has 0 fully saturated rings. The van der Waals surface area contributed by atoms with Crippen LogP contribution in [0, 0.1) is 0 Å². The van der Waals surface area contributed by atoms with E-state index in [0.29, 0.717) is 6.42 Å². The van der Waals surface area contributed by atoms with Crippen molar-refractivity contribution in [1.82, 2.24) is 5.32 Å². The predicted octanol–water partition coefficient (Wildman–Crippen LogP) is 2.38. The molecule has 0 spiro atoms. The van der Waals surface area contributed by atoms with Gasteiger partial charge in [0, 0.05) is 13.0 Å². The first-order valence-electron chi connectivity index (χ1n) is 5.90. The van der Waals surface area contributed by atoms with Crippen LogP contribution in [0.1, 0.15) is 45.4 Å². The standard InChI is InChI=1S/C12H21NO2/c1-2-3-4-5-8-13-12(14)10-11-7-6-9-15-11/h6,9,11H,2-5,7-8,10H2,1H3,(H,13,14). The molecule has 1 N–H and O–H groups in total. The van der Waals surface area contributed by atoms with Gasteiger partial charge in [0.1, 0.15) is 6.10 Å². The first-order chi connectivity index (χ1) is 7.33. The van der Waals surface area contributed by atoms with Gasteiger partial charge >= 0.3 is 0 Å². The molecule has 3 heteroatoms. The molecule has 1 amide bonds.